The first kappa shape index (κ1) is 14.7. The first-order chi connectivity index (χ1) is 10.3. The van der Waals surface area contributed by atoms with Gasteiger partial charge in [0.1, 0.15) is 5.75 Å². The lowest BCUT2D eigenvalue weighted by Gasteiger charge is -2.31. The number of ether oxygens (including phenoxy) is 1. The summed E-state index contributed by atoms with van der Waals surface area (Å²) in [5, 5.41) is 0. The van der Waals surface area contributed by atoms with Crippen LogP contribution in [0.15, 0.2) is 24.3 Å². The number of hydrogen-bond donors (Lipinski definition) is 1. The summed E-state index contributed by atoms with van der Waals surface area (Å²) < 4.78 is 5.38. The second kappa shape index (κ2) is 6.69. The first-order valence-corrected chi connectivity index (χ1v) is 8.39. The third kappa shape index (κ3) is 3.34. The topological polar surface area (TPSA) is 38.5 Å². The molecule has 21 heavy (non-hydrogen) atoms. The zero-order valence-electron chi connectivity index (χ0n) is 13.1. The molecular weight excluding hydrogens is 260 g/mol. The summed E-state index contributed by atoms with van der Waals surface area (Å²) >= 11 is 0. The molecule has 2 aliphatic rings. The average Bonchev–Trinajstić information content (AvgIpc) is 3.14. The second-order valence-electron chi connectivity index (χ2n) is 6.72. The Kier molecular flexibility index (Phi) is 4.69. The van der Waals surface area contributed by atoms with E-state index in [0.29, 0.717) is 0 Å². The molecule has 1 aromatic carbocycles. The Morgan fingerprint density at radius 1 is 1.29 bits per heavy atom. The van der Waals surface area contributed by atoms with Crippen molar-refractivity contribution in [3.63, 3.8) is 0 Å². The molecule has 2 bridgehead atoms. The maximum atomic E-state index is 5.73. The predicted molar refractivity (Wildman–Crippen MR) is 87.8 cm³/mol. The Labute approximate surface area is 128 Å². The largest absolute Gasteiger partial charge is 0.497 e. The van der Waals surface area contributed by atoms with E-state index in [4.69, 9.17) is 10.5 Å². The number of hydrogen-bond acceptors (Lipinski definition) is 3. The van der Waals surface area contributed by atoms with E-state index in [1.807, 2.05) is 6.07 Å². The van der Waals surface area contributed by atoms with Crippen LogP contribution in [0.2, 0.25) is 0 Å². The average molecular weight is 288 g/mol. The summed E-state index contributed by atoms with van der Waals surface area (Å²) in [4.78, 5) is 2.53. The van der Waals surface area contributed by atoms with Crippen LogP contribution in [0.25, 0.3) is 0 Å². The van der Waals surface area contributed by atoms with Gasteiger partial charge in [0, 0.05) is 24.8 Å². The van der Waals surface area contributed by atoms with Gasteiger partial charge in [-0.2, -0.15) is 0 Å². The van der Waals surface area contributed by atoms with E-state index < -0.39 is 0 Å². The summed E-state index contributed by atoms with van der Waals surface area (Å²) in [6.07, 6.45) is 6.90. The molecule has 116 valence electrons. The fourth-order valence-electron chi connectivity index (χ4n) is 4.30. The summed E-state index contributed by atoms with van der Waals surface area (Å²) in [5.74, 6) is 3.81. The van der Waals surface area contributed by atoms with E-state index in [1.54, 1.807) is 7.11 Å². The fourth-order valence-corrected chi connectivity index (χ4v) is 4.30. The fraction of sp³-hybridized carbons (Fsp3) is 0.667. The van der Waals surface area contributed by atoms with Crippen molar-refractivity contribution in [2.24, 2.45) is 23.5 Å². The van der Waals surface area contributed by atoms with Crippen LogP contribution in [0.5, 0.6) is 5.75 Å². The van der Waals surface area contributed by atoms with Crippen LogP contribution in [-0.4, -0.2) is 26.7 Å². The molecule has 2 N–H and O–H groups in total. The van der Waals surface area contributed by atoms with Crippen LogP contribution >= 0.6 is 0 Å². The van der Waals surface area contributed by atoms with E-state index in [2.05, 4.69) is 23.1 Å². The van der Waals surface area contributed by atoms with Crippen molar-refractivity contribution < 1.29 is 4.74 Å². The minimum absolute atomic E-state index is 0.761. The molecule has 3 heteroatoms. The maximum absolute atomic E-state index is 5.73. The van der Waals surface area contributed by atoms with Crippen molar-refractivity contribution in [3.8, 4) is 5.75 Å². The number of nitrogens with zero attached hydrogens (tertiary/aromatic N) is 1. The molecule has 0 radical (unpaired) electrons. The number of rotatable bonds is 7. The normalized spacial score (nSPS) is 27.0. The van der Waals surface area contributed by atoms with E-state index in [1.165, 1.54) is 37.9 Å². The minimum atomic E-state index is 0.761. The van der Waals surface area contributed by atoms with Gasteiger partial charge in [0.15, 0.2) is 0 Å². The van der Waals surface area contributed by atoms with Gasteiger partial charge in [0.25, 0.3) is 0 Å². The smallest absolute Gasteiger partial charge is 0.120 e. The number of fused-ring (bicyclic) bond motifs is 2. The summed E-state index contributed by atoms with van der Waals surface area (Å²) in [6.45, 7) is 3.00. The molecular formula is C18H28N2O. The Hall–Kier alpha value is -1.22. The summed E-state index contributed by atoms with van der Waals surface area (Å²) in [6, 6.07) is 8.46. The van der Waals surface area contributed by atoms with E-state index in [0.717, 1.165) is 43.0 Å². The van der Waals surface area contributed by atoms with Gasteiger partial charge in [-0.25, -0.2) is 0 Å². The first-order valence-electron chi connectivity index (χ1n) is 8.39. The van der Waals surface area contributed by atoms with Crippen LogP contribution in [0, 0.1) is 17.8 Å². The second-order valence-corrected chi connectivity index (χ2v) is 6.72. The van der Waals surface area contributed by atoms with Crippen LogP contribution in [-0.2, 0) is 0 Å². The number of nitrogens with two attached hydrogens (primary N) is 1. The lowest BCUT2D eigenvalue weighted by Crippen LogP contribution is -2.33. The van der Waals surface area contributed by atoms with Crippen molar-refractivity contribution in [2.75, 3.05) is 31.6 Å². The van der Waals surface area contributed by atoms with Crippen LogP contribution in [0.3, 0.4) is 0 Å². The monoisotopic (exact) mass is 288 g/mol. The highest BCUT2D eigenvalue weighted by Gasteiger charge is 2.39. The summed E-state index contributed by atoms with van der Waals surface area (Å²) in [5.41, 5.74) is 7.01. The third-order valence-electron chi connectivity index (χ3n) is 5.39. The van der Waals surface area contributed by atoms with Crippen molar-refractivity contribution in [3.05, 3.63) is 24.3 Å². The molecule has 0 heterocycles. The minimum Gasteiger partial charge on any atom is -0.497 e. The molecule has 2 aliphatic carbocycles. The molecule has 3 rings (SSSR count). The molecule has 0 saturated heterocycles. The Bertz CT molecular complexity index is 462. The van der Waals surface area contributed by atoms with Crippen LogP contribution in [0.4, 0.5) is 5.69 Å². The molecule has 2 saturated carbocycles. The standard InChI is InChI=1S/C18H28N2O/c1-21-18-5-2-4-17(12-18)20(9-3-8-19)13-16-11-14-6-7-15(16)10-14/h2,4-5,12,14-16H,3,6-11,13,19H2,1H3. The highest BCUT2D eigenvalue weighted by Crippen LogP contribution is 2.48. The van der Waals surface area contributed by atoms with E-state index >= 15 is 0 Å². The Morgan fingerprint density at radius 2 is 2.19 bits per heavy atom. The Balaban J connectivity index is 1.70. The highest BCUT2D eigenvalue weighted by atomic mass is 16.5. The zero-order chi connectivity index (χ0) is 14.7. The van der Waals surface area contributed by atoms with Crippen molar-refractivity contribution in [1.82, 2.24) is 0 Å². The molecule has 1 aromatic rings. The van der Waals surface area contributed by atoms with E-state index in [9.17, 15) is 0 Å². The summed E-state index contributed by atoms with van der Waals surface area (Å²) in [7, 11) is 1.74. The molecule has 0 spiro atoms. The van der Waals surface area contributed by atoms with Gasteiger partial charge in [-0.05, 0) is 62.1 Å². The molecule has 3 atom stereocenters. The van der Waals surface area contributed by atoms with Crippen LogP contribution in [0.1, 0.15) is 32.1 Å². The van der Waals surface area contributed by atoms with Gasteiger partial charge >= 0.3 is 0 Å². The lowest BCUT2D eigenvalue weighted by atomic mass is 9.88. The van der Waals surface area contributed by atoms with Crippen molar-refractivity contribution in [2.45, 2.75) is 32.1 Å². The van der Waals surface area contributed by atoms with Gasteiger partial charge in [0.05, 0.1) is 7.11 Å². The zero-order valence-corrected chi connectivity index (χ0v) is 13.1. The van der Waals surface area contributed by atoms with Gasteiger partial charge in [-0.1, -0.05) is 12.5 Å². The van der Waals surface area contributed by atoms with E-state index in [-0.39, 0.29) is 0 Å². The number of benzene rings is 1. The lowest BCUT2D eigenvalue weighted by molar-refractivity contribution is 0.333. The van der Waals surface area contributed by atoms with Crippen LogP contribution < -0.4 is 15.4 Å². The highest BCUT2D eigenvalue weighted by molar-refractivity contribution is 5.50. The quantitative estimate of drug-likeness (QED) is 0.836. The van der Waals surface area contributed by atoms with Gasteiger partial charge < -0.3 is 15.4 Å². The van der Waals surface area contributed by atoms with Crippen molar-refractivity contribution in [1.29, 1.82) is 0 Å². The predicted octanol–water partition coefficient (Wildman–Crippen LogP) is 3.29. The molecule has 2 fully saturated rings. The SMILES string of the molecule is COc1cccc(N(CCCN)CC2CC3CCC2C3)c1. The molecule has 3 unspecified atom stereocenters. The molecule has 0 aliphatic heterocycles. The third-order valence-corrected chi connectivity index (χ3v) is 5.39. The van der Waals surface area contributed by atoms with Gasteiger partial charge in [-0.15, -0.1) is 0 Å². The molecule has 0 amide bonds. The number of methoxy groups -OCH3 is 1. The number of anilines is 1. The van der Waals surface area contributed by atoms with Crippen molar-refractivity contribution >= 4 is 5.69 Å². The Morgan fingerprint density at radius 3 is 2.86 bits per heavy atom. The van der Waals surface area contributed by atoms with Gasteiger partial charge in [0.2, 0.25) is 0 Å². The molecule has 3 nitrogen and oxygen atoms in total. The maximum Gasteiger partial charge on any atom is 0.120 e. The molecule has 0 aromatic heterocycles. The van der Waals surface area contributed by atoms with Gasteiger partial charge in [-0.3, -0.25) is 0 Å².